The lowest BCUT2D eigenvalue weighted by Gasteiger charge is -2.33. The van der Waals surface area contributed by atoms with Crippen molar-refractivity contribution in [3.05, 3.63) is 54.1 Å². The summed E-state index contributed by atoms with van der Waals surface area (Å²) >= 11 is 0. The lowest BCUT2D eigenvalue weighted by Crippen LogP contribution is -2.48. The van der Waals surface area contributed by atoms with Crippen molar-refractivity contribution in [2.45, 2.75) is 13.0 Å². The number of hydrogen-bond acceptors (Lipinski definition) is 4. The molecule has 0 saturated carbocycles. The van der Waals surface area contributed by atoms with Crippen LogP contribution in [0.5, 0.6) is 5.75 Å². The average molecular weight is 353 g/mol. The first-order chi connectivity index (χ1) is 12.5. The minimum atomic E-state index is -0.850. The first-order valence-electron chi connectivity index (χ1n) is 8.16. The van der Waals surface area contributed by atoms with Gasteiger partial charge < -0.3 is 20.3 Å². The standard InChI is InChI=1S/C19H19N3O4/c1-12(23)22-11-17(26-16-9-4-3-8-15(16)22)19(25)21-14-7-5-6-13(10-14)18(24)20-2/h3-10,17H,11H2,1-2H3,(H,20,24)(H,21,25). The van der Waals surface area contributed by atoms with Crippen molar-refractivity contribution < 1.29 is 19.1 Å². The van der Waals surface area contributed by atoms with Crippen molar-refractivity contribution in [1.82, 2.24) is 5.32 Å². The van der Waals surface area contributed by atoms with E-state index in [4.69, 9.17) is 4.74 Å². The number of rotatable bonds is 3. The Hall–Kier alpha value is -3.35. The van der Waals surface area contributed by atoms with Gasteiger partial charge in [-0.3, -0.25) is 14.4 Å². The number of nitrogens with one attached hydrogen (secondary N) is 2. The maximum Gasteiger partial charge on any atom is 0.267 e. The molecule has 2 aromatic rings. The van der Waals surface area contributed by atoms with Gasteiger partial charge in [0.25, 0.3) is 11.8 Å². The number of carbonyl (C=O) groups excluding carboxylic acids is 3. The van der Waals surface area contributed by atoms with Crippen LogP contribution in [-0.4, -0.2) is 37.4 Å². The van der Waals surface area contributed by atoms with Gasteiger partial charge in [-0.05, 0) is 30.3 Å². The highest BCUT2D eigenvalue weighted by Crippen LogP contribution is 2.33. The van der Waals surface area contributed by atoms with Gasteiger partial charge in [-0.1, -0.05) is 18.2 Å². The normalized spacial score (nSPS) is 15.5. The van der Waals surface area contributed by atoms with Crippen LogP contribution in [0.2, 0.25) is 0 Å². The molecule has 0 bridgehead atoms. The van der Waals surface area contributed by atoms with Crippen molar-refractivity contribution in [3.63, 3.8) is 0 Å². The summed E-state index contributed by atoms with van der Waals surface area (Å²) in [6.45, 7) is 1.57. The molecule has 1 atom stereocenters. The molecule has 0 saturated heterocycles. The molecule has 0 aliphatic carbocycles. The molecule has 1 aliphatic rings. The van der Waals surface area contributed by atoms with Gasteiger partial charge in [0.05, 0.1) is 12.2 Å². The quantitative estimate of drug-likeness (QED) is 0.881. The molecule has 0 radical (unpaired) electrons. The smallest absolute Gasteiger partial charge is 0.267 e. The SMILES string of the molecule is CNC(=O)c1cccc(NC(=O)C2CN(C(C)=O)c3ccccc3O2)c1. The zero-order valence-corrected chi connectivity index (χ0v) is 14.5. The van der Waals surface area contributed by atoms with Gasteiger partial charge in [0, 0.05) is 25.2 Å². The molecule has 0 fully saturated rings. The second kappa shape index (κ2) is 7.26. The van der Waals surface area contributed by atoms with E-state index in [9.17, 15) is 14.4 Å². The first-order valence-corrected chi connectivity index (χ1v) is 8.16. The molecule has 3 rings (SSSR count). The fourth-order valence-corrected chi connectivity index (χ4v) is 2.77. The Morgan fingerprint density at radius 1 is 1.12 bits per heavy atom. The van der Waals surface area contributed by atoms with E-state index in [0.29, 0.717) is 22.7 Å². The van der Waals surface area contributed by atoms with Crippen LogP contribution < -0.4 is 20.3 Å². The second-order valence-corrected chi connectivity index (χ2v) is 5.85. The molecule has 26 heavy (non-hydrogen) atoms. The number of fused-ring (bicyclic) bond motifs is 1. The number of amides is 3. The van der Waals surface area contributed by atoms with Crippen molar-refractivity contribution in [1.29, 1.82) is 0 Å². The summed E-state index contributed by atoms with van der Waals surface area (Å²) < 4.78 is 5.76. The zero-order valence-electron chi connectivity index (χ0n) is 14.5. The minimum absolute atomic E-state index is 0.118. The summed E-state index contributed by atoms with van der Waals surface area (Å²) in [5.74, 6) is -0.320. The second-order valence-electron chi connectivity index (χ2n) is 5.85. The number of benzene rings is 2. The fraction of sp³-hybridized carbons (Fsp3) is 0.211. The topological polar surface area (TPSA) is 87.7 Å². The Balaban J connectivity index is 1.79. The van der Waals surface area contributed by atoms with Crippen molar-refractivity contribution in [3.8, 4) is 5.75 Å². The van der Waals surface area contributed by atoms with Crippen LogP contribution in [0.3, 0.4) is 0 Å². The summed E-state index contributed by atoms with van der Waals surface area (Å²) in [6, 6.07) is 13.7. The highest BCUT2D eigenvalue weighted by atomic mass is 16.5. The van der Waals surface area contributed by atoms with Gasteiger partial charge in [-0.25, -0.2) is 0 Å². The summed E-state index contributed by atoms with van der Waals surface area (Å²) in [4.78, 5) is 37.8. The largest absolute Gasteiger partial charge is 0.476 e. The van der Waals surface area contributed by atoms with Gasteiger partial charge in [-0.15, -0.1) is 0 Å². The Kier molecular flexibility index (Phi) is 4.88. The van der Waals surface area contributed by atoms with Gasteiger partial charge >= 0.3 is 0 Å². The maximum atomic E-state index is 12.6. The van der Waals surface area contributed by atoms with E-state index in [-0.39, 0.29) is 24.3 Å². The van der Waals surface area contributed by atoms with E-state index >= 15 is 0 Å². The number of ether oxygens (including phenoxy) is 1. The Morgan fingerprint density at radius 3 is 2.62 bits per heavy atom. The molecular formula is C19H19N3O4. The Morgan fingerprint density at radius 2 is 1.88 bits per heavy atom. The van der Waals surface area contributed by atoms with Crippen LogP contribution in [0.25, 0.3) is 0 Å². The minimum Gasteiger partial charge on any atom is -0.476 e. The van der Waals surface area contributed by atoms with E-state index < -0.39 is 6.10 Å². The van der Waals surface area contributed by atoms with Crippen LogP contribution >= 0.6 is 0 Å². The maximum absolute atomic E-state index is 12.6. The van der Waals surface area contributed by atoms with E-state index in [1.807, 2.05) is 6.07 Å². The molecule has 0 aromatic heterocycles. The summed E-state index contributed by atoms with van der Waals surface area (Å²) in [5, 5.41) is 5.27. The summed E-state index contributed by atoms with van der Waals surface area (Å²) in [7, 11) is 1.54. The molecule has 0 spiro atoms. The van der Waals surface area contributed by atoms with E-state index in [1.54, 1.807) is 42.5 Å². The monoisotopic (exact) mass is 353 g/mol. The van der Waals surface area contributed by atoms with Gasteiger partial charge in [0.1, 0.15) is 5.75 Å². The fourth-order valence-electron chi connectivity index (χ4n) is 2.77. The molecule has 2 N–H and O–H groups in total. The molecule has 1 aliphatic heterocycles. The Labute approximate surface area is 150 Å². The molecule has 3 amide bonds. The number of hydrogen-bond donors (Lipinski definition) is 2. The predicted octanol–water partition coefficient (Wildman–Crippen LogP) is 1.80. The van der Waals surface area contributed by atoms with Crippen LogP contribution in [0.15, 0.2) is 48.5 Å². The highest BCUT2D eigenvalue weighted by Gasteiger charge is 2.32. The average Bonchev–Trinajstić information content (AvgIpc) is 2.66. The third-order valence-corrected chi connectivity index (χ3v) is 4.07. The van der Waals surface area contributed by atoms with E-state index in [0.717, 1.165) is 0 Å². The van der Waals surface area contributed by atoms with E-state index in [2.05, 4.69) is 10.6 Å². The lowest BCUT2D eigenvalue weighted by molar-refractivity contribution is -0.123. The highest BCUT2D eigenvalue weighted by molar-refractivity contribution is 6.00. The number of anilines is 2. The number of nitrogens with zero attached hydrogens (tertiary/aromatic N) is 1. The summed E-state index contributed by atoms with van der Waals surface area (Å²) in [5.41, 5.74) is 1.56. The van der Waals surface area contributed by atoms with Crippen LogP contribution in [0.1, 0.15) is 17.3 Å². The molecule has 134 valence electrons. The summed E-state index contributed by atoms with van der Waals surface area (Å²) in [6.07, 6.45) is -0.850. The first kappa shape index (κ1) is 17.5. The van der Waals surface area contributed by atoms with Crippen LogP contribution in [0.4, 0.5) is 11.4 Å². The van der Waals surface area contributed by atoms with Gasteiger partial charge in [0.2, 0.25) is 5.91 Å². The molecule has 7 heteroatoms. The molecule has 2 aromatic carbocycles. The molecule has 7 nitrogen and oxygen atoms in total. The molecule has 1 unspecified atom stereocenters. The van der Waals surface area contributed by atoms with Crippen LogP contribution in [0, 0.1) is 0 Å². The lowest BCUT2D eigenvalue weighted by atomic mass is 10.1. The van der Waals surface area contributed by atoms with Crippen molar-refractivity contribution in [2.24, 2.45) is 0 Å². The number of para-hydroxylation sites is 2. The van der Waals surface area contributed by atoms with E-state index in [1.165, 1.54) is 18.9 Å². The van der Waals surface area contributed by atoms with Crippen LogP contribution in [-0.2, 0) is 9.59 Å². The van der Waals surface area contributed by atoms with Gasteiger partial charge in [-0.2, -0.15) is 0 Å². The molecule has 1 heterocycles. The predicted molar refractivity (Wildman–Crippen MR) is 97.3 cm³/mol. The third kappa shape index (κ3) is 3.51. The number of carbonyl (C=O) groups is 3. The van der Waals surface area contributed by atoms with Gasteiger partial charge in [0.15, 0.2) is 6.10 Å². The molecular weight excluding hydrogens is 334 g/mol. The zero-order chi connectivity index (χ0) is 18.7. The Bertz CT molecular complexity index is 865. The third-order valence-electron chi connectivity index (χ3n) is 4.07. The van der Waals surface area contributed by atoms with Crippen molar-refractivity contribution >= 4 is 29.1 Å². The van der Waals surface area contributed by atoms with Crippen molar-refractivity contribution in [2.75, 3.05) is 23.8 Å².